The fraction of sp³-hybridized carbons (Fsp3) is 0.900. The van der Waals surface area contributed by atoms with Gasteiger partial charge in [0, 0.05) is 6.04 Å². The predicted molar refractivity (Wildman–Crippen MR) is 49.5 cm³/mol. The molecule has 1 saturated carbocycles. The van der Waals surface area contributed by atoms with Gasteiger partial charge in [-0.25, -0.2) is 4.79 Å². The van der Waals surface area contributed by atoms with Crippen molar-refractivity contribution in [3.8, 4) is 0 Å². The van der Waals surface area contributed by atoms with E-state index in [-0.39, 0.29) is 18.2 Å². The van der Waals surface area contributed by atoms with Gasteiger partial charge in [0.2, 0.25) is 0 Å². The standard InChI is InChI=1S/C10H17NO2/c1-7(2)11-8-5-3-4-6-9(8)13-10(11)12/h7-9H,3-6H2,1-2H3/t8-,9+/m0/s1. The van der Waals surface area contributed by atoms with Crippen molar-refractivity contribution in [2.45, 2.75) is 57.7 Å². The Morgan fingerprint density at radius 3 is 2.77 bits per heavy atom. The molecule has 2 rings (SSSR count). The Bertz CT molecular complexity index is 215. The zero-order valence-electron chi connectivity index (χ0n) is 8.32. The van der Waals surface area contributed by atoms with Crippen LogP contribution >= 0.6 is 0 Å². The molecule has 0 spiro atoms. The van der Waals surface area contributed by atoms with Crippen molar-refractivity contribution in [1.29, 1.82) is 0 Å². The molecule has 0 N–H and O–H groups in total. The summed E-state index contributed by atoms with van der Waals surface area (Å²) in [7, 11) is 0. The highest BCUT2D eigenvalue weighted by Crippen LogP contribution is 2.32. The third kappa shape index (κ3) is 1.40. The third-order valence-electron chi connectivity index (χ3n) is 3.04. The monoisotopic (exact) mass is 183 g/mol. The Balaban J connectivity index is 2.13. The van der Waals surface area contributed by atoms with E-state index in [1.165, 1.54) is 12.8 Å². The minimum absolute atomic E-state index is 0.105. The topological polar surface area (TPSA) is 29.5 Å². The number of amides is 1. The van der Waals surface area contributed by atoms with Crippen molar-refractivity contribution < 1.29 is 9.53 Å². The number of hydrogen-bond acceptors (Lipinski definition) is 2. The molecule has 0 radical (unpaired) electrons. The van der Waals surface area contributed by atoms with Crippen LogP contribution in [-0.4, -0.2) is 29.2 Å². The van der Waals surface area contributed by atoms with Crippen molar-refractivity contribution in [3.05, 3.63) is 0 Å². The largest absolute Gasteiger partial charge is 0.444 e. The zero-order valence-corrected chi connectivity index (χ0v) is 8.32. The molecule has 0 bridgehead atoms. The molecule has 3 heteroatoms. The van der Waals surface area contributed by atoms with E-state index >= 15 is 0 Å². The lowest BCUT2D eigenvalue weighted by molar-refractivity contribution is 0.113. The summed E-state index contributed by atoms with van der Waals surface area (Å²) in [4.78, 5) is 13.4. The van der Waals surface area contributed by atoms with Gasteiger partial charge in [-0.05, 0) is 33.1 Å². The highest BCUT2D eigenvalue weighted by Gasteiger charge is 2.43. The fourth-order valence-electron chi connectivity index (χ4n) is 2.45. The molecule has 2 fully saturated rings. The highest BCUT2D eigenvalue weighted by atomic mass is 16.6. The quantitative estimate of drug-likeness (QED) is 0.623. The smallest absolute Gasteiger partial charge is 0.410 e. The van der Waals surface area contributed by atoms with Crippen LogP contribution < -0.4 is 0 Å². The summed E-state index contributed by atoms with van der Waals surface area (Å²) in [5, 5.41) is 0. The molecule has 0 aromatic rings. The first kappa shape index (κ1) is 8.85. The minimum atomic E-state index is -0.105. The summed E-state index contributed by atoms with van der Waals surface area (Å²) in [6.45, 7) is 4.11. The first-order chi connectivity index (χ1) is 6.20. The lowest BCUT2D eigenvalue weighted by atomic mass is 9.92. The molecule has 1 aliphatic heterocycles. The number of fused-ring (bicyclic) bond motifs is 1. The van der Waals surface area contributed by atoms with Gasteiger partial charge in [0.1, 0.15) is 6.10 Å². The molecule has 74 valence electrons. The number of nitrogens with zero attached hydrogens (tertiary/aromatic N) is 1. The summed E-state index contributed by atoms with van der Waals surface area (Å²) in [5.41, 5.74) is 0. The molecular formula is C10H17NO2. The Hall–Kier alpha value is -0.730. The maximum Gasteiger partial charge on any atom is 0.410 e. The van der Waals surface area contributed by atoms with E-state index in [2.05, 4.69) is 13.8 Å². The molecule has 1 heterocycles. The predicted octanol–water partition coefficient (Wildman–Crippen LogP) is 2.16. The molecule has 1 saturated heterocycles. The second-order valence-electron chi connectivity index (χ2n) is 4.28. The SMILES string of the molecule is CC(C)N1C(=O)O[C@@H]2CCCC[C@@H]21. The van der Waals surface area contributed by atoms with Crippen molar-refractivity contribution >= 4 is 6.09 Å². The Labute approximate surface area is 79.0 Å². The normalized spacial score (nSPS) is 33.5. The maximum atomic E-state index is 11.5. The van der Waals surface area contributed by atoms with Crippen LogP contribution in [0.1, 0.15) is 39.5 Å². The van der Waals surface area contributed by atoms with Gasteiger partial charge in [-0.1, -0.05) is 6.42 Å². The summed E-state index contributed by atoms with van der Waals surface area (Å²) in [6, 6.07) is 0.641. The van der Waals surface area contributed by atoms with E-state index in [4.69, 9.17) is 4.74 Å². The van der Waals surface area contributed by atoms with Gasteiger partial charge in [-0.15, -0.1) is 0 Å². The Morgan fingerprint density at radius 2 is 2.08 bits per heavy atom. The second kappa shape index (κ2) is 3.20. The van der Waals surface area contributed by atoms with Crippen LogP contribution in [0.5, 0.6) is 0 Å². The molecule has 2 aliphatic rings. The summed E-state index contributed by atoms with van der Waals surface area (Å²) in [6.07, 6.45) is 4.70. The van der Waals surface area contributed by atoms with E-state index in [1.807, 2.05) is 4.90 Å². The van der Waals surface area contributed by atoms with E-state index < -0.39 is 0 Å². The summed E-state index contributed by atoms with van der Waals surface area (Å²) in [5.74, 6) is 0. The Morgan fingerprint density at radius 1 is 1.38 bits per heavy atom. The fourth-order valence-corrected chi connectivity index (χ4v) is 2.45. The number of carbonyl (C=O) groups excluding carboxylic acids is 1. The van der Waals surface area contributed by atoms with Crippen molar-refractivity contribution in [1.82, 2.24) is 4.90 Å². The van der Waals surface area contributed by atoms with Crippen LogP contribution in [0.3, 0.4) is 0 Å². The van der Waals surface area contributed by atoms with Crippen LogP contribution in [-0.2, 0) is 4.74 Å². The van der Waals surface area contributed by atoms with E-state index in [0.29, 0.717) is 6.04 Å². The summed E-state index contributed by atoms with van der Waals surface area (Å²) < 4.78 is 5.33. The molecule has 1 amide bonds. The molecule has 3 nitrogen and oxygen atoms in total. The van der Waals surface area contributed by atoms with Crippen LogP contribution in [0.4, 0.5) is 4.79 Å². The Kier molecular flexibility index (Phi) is 2.18. The van der Waals surface area contributed by atoms with Crippen molar-refractivity contribution in [3.63, 3.8) is 0 Å². The number of ether oxygens (including phenoxy) is 1. The van der Waals surface area contributed by atoms with Crippen LogP contribution in [0.25, 0.3) is 0 Å². The molecule has 0 aromatic carbocycles. The number of hydrogen-bond donors (Lipinski definition) is 0. The highest BCUT2D eigenvalue weighted by molar-refractivity contribution is 5.71. The molecule has 0 aromatic heterocycles. The van der Waals surface area contributed by atoms with E-state index in [9.17, 15) is 4.79 Å². The molecule has 0 unspecified atom stereocenters. The van der Waals surface area contributed by atoms with Gasteiger partial charge in [0.05, 0.1) is 6.04 Å². The van der Waals surface area contributed by atoms with Gasteiger partial charge in [0.25, 0.3) is 0 Å². The van der Waals surface area contributed by atoms with Gasteiger partial charge >= 0.3 is 6.09 Å². The molecular weight excluding hydrogens is 166 g/mol. The minimum Gasteiger partial charge on any atom is -0.444 e. The lowest BCUT2D eigenvalue weighted by Gasteiger charge is -2.30. The summed E-state index contributed by atoms with van der Waals surface area (Å²) >= 11 is 0. The lowest BCUT2D eigenvalue weighted by Crippen LogP contribution is -2.42. The van der Waals surface area contributed by atoms with Crippen molar-refractivity contribution in [2.24, 2.45) is 0 Å². The van der Waals surface area contributed by atoms with Crippen molar-refractivity contribution in [2.75, 3.05) is 0 Å². The average molecular weight is 183 g/mol. The van der Waals surface area contributed by atoms with Gasteiger partial charge in [0.15, 0.2) is 0 Å². The molecule has 13 heavy (non-hydrogen) atoms. The van der Waals surface area contributed by atoms with Crippen LogP contribution in [0, 0.1) is 0 Å². The molecule has 2 atom stereocenters. The van der Waals surface area contributed by atoms with E-state index in [0.717, 1.165) is 12.8 Å². The van der Waals surface area contributed by atoms with Gasteiger partial charge in [-0.3, -0.25) is 4.90 Å². The molecule has 1 aliphatic carbocycles. The number of rotatable bonds is 1. The maximum absolute atomic E-state index is 11.5. The third-order valence-corrected chi connectivity index (χ3v) is 3.04. The van der Waals surface area contributed by atoms with Crippen LogP contribution in [0.15, 0.2) is 0 Å². The van der Waals surface area contributed by atoms with Gasteiger partial charge < -0.3 is 4.74 Å². The average Bonchev–Trinajstić information content (AvgIpc) is 2.39. The number of carbonyl (C=O) groups is 1. The first-order valence-electron chi connectivity index (χ1n) is 5.19. The first-order valence-corrected chi connectivity index (χ1v) is 5.19. The second-order valence-corrected chi connectivity index (χ2v) is 4.28. The zero-order chi connectivity index (χ0) is 9.42. The van der Waals surface area contributed by atoms with Crippen LogP contribution in [0.2, 0.25) is 0 Å². The van der Waals surface area contributed by atoms with E-state index in [1.54, 1.807) is 0 Å². The van der Waals surface area contributed by atoms with Gasteiger partial charge in [-0.2, -0.15) is 0 Å².